The molecule has 0 aromatic heterocycles. The van der Waals surface area contributed by atoms with Gasteiger partial charge >= 0.3 is 5.97 Å². The highest BCUT2D eigenvalue weighted by Crippen LogP contribution is 1.99. The molecule has 0 radical (unpaired) electrons. The number of hydrogen-bond acceptors (Lipinski definition) is 3. The molecule has 1 aromatic rings. The molecule has 0 heterocycles. The predicted octanol–water partition coefficient (Wildman–Crippen LogP) is 1.04. The van der Waals surface area contributed by atoms with E-state index in [-0.39, 0.29) is 12.6 Å². The van der Waals surface area contributed by atoms with Crippen molar-refractivity contribution in [2.75, 3.05) is 0 Å². The van der Waals surface area contributed by atoms with Crippen LogP contribution in [0.4, 0.5) is 0 Å². The highest BCUT2D eigenvalue weighted by molar-refractivity contribution is 6.33. The lowest BCUT2D eigenvalue weighted by Gasteiger charge is -1.94. The molecule has 0 aliphatic carbocycles. The Labute approximate surface area is 75.8 Å². The van der Waals surface area contributed by atoms with Gasteiger partial charge in [0.25, 0.3) is 0 Å². The highest BCUT2D eigenvalue weighted by Gasteiger charge is 2.10. The van der Waals surface area contributed by atoms with Crippen LogP contribution in [-0.2, 0) is 16.0 Å². The maximum atomic E-state index is 10.7. The number of carbonyl (C=O) groups excluding carboxylic acids is 1. The molecule has 0 aliphatic heterocycles. The smallest absolute Gasteiger partial charge is 0.372 e. The number of carboxylic acids is 1. The van der Waals surface area contributed by atoms with E-state index in [1.165, 1.54) is 0 Å². The Balaban J connectivity index is 0.00000144. The van der Waals surface area contributed by atoms with Crippen LogP contribution in [0.2, 0.25) is 0 Å². The summed E-state index contributed by atoms with van der Waals surface area (Å²) in [6.45, 7) is 0. The minimum absolute atomic E-state index is 0. The van der Waals surface area contributed by atoms with Crippen molar-refractivity contribution >= 4 is 11.8 Å². The van der Waals surface area contributed by atoms with Crippen LogP contribution in [0, 0.1) is 0 Å². The topological polar surface area (TPSA) is 89.4 Å². The van der Waals surface area contributed by atoms with Crippen molar-refractivity contribution in [2.45, 2.75) is 6.42 Å². The van der Waals surface area contributed by atoms with E-state index in [9.17, 15) is 9.59 Å². The molecule has 0 bridgehead atoms. The van der Waals surface area contributed by atoms with Gasteiger partial charge in [-0.25, -0.2) is 4.79 Å². The van der Waals surface area contributed by atoms with Crippen molar-refractivity contribution < 1.29 is 14.7 Å². The van der Waals surface area contributed by atoms with Crippen LogP contribution in [0.15, 0.2) is 30.3 Å². The quantitative estimate of drug-likeness (QED) is 0.682. The van der Waals surface area contributed by atoms with Crippen LogP contribution in [-0.4, -0.2) is 16.9 Å². The molecule has 0 fully saturated rings. The molecular weight excluding hydrogens is 170 g/mol. The molecule has 4 heteroatoms. The van der Waals surface area contributed by atoms with E-state index in [1.54, 1.807) is 24.3 Å². The first-order valence-electron chi connectivity index (χ1n) is 3.50. The lowest BCUT2D eigenvalue weighted by molar-refractivity contribution is -0.148. The first-order valence-corrected chi connectivity index (χ1v) is 3.50. The Kier molecular flexibility index (Phi) is 4.40. The molecule has 0 atom stereocenters. The number of carbonyl (C=O) groups is 2. The number of Topliss-reactive ketones (excluding diaryl/α,β-unsaturated/α-hetero) is 1. The monoisotopic (exact) mass is 181 g/mol. The number of hydrogen-bond donors (Lipinski definition) is 2. The van der Waals surface area contributed by atoms with Crippen molar-refractivity contribution in [3.05, 3.63) is 35.9 Å². The summed E-state index contributed by atoms with van der Waals surface area (Å²) >= 11 is 0. The van der Waals surface area contributed by atoms with Crippen molar-refractivity contribution in [1.82, 2.24) is 6.15 Å². The Hall–Kier alpha value is -1.68. The van der Waals surface area contributed by atoms with Gasteiger partial charge in [-0.05, 0) is 5.56 Å². The molecular formula is C9H11NO3. The zero-order chi connectivity index (χ0) is 8.97. The van der Waals surface area contributed by atoms with Crippen LogP contribution in [0.25, 0.3) is 0 Å². The van der Waals surface area contributed by atoms with Gasteiger partial charge in [-0.3, -0.25) is 4.79 Å². The fourth-order valence-corrected chi connectivity index (χ4v) is 0.857. The fraction of sp³-hybridized carbons (Fsp3) is 0.111. The van der Waals surface area contributed by atoms with Gasteiger partial charge in [-0.1, -0.05) is 30.3 Å². The lowest BCUT2D eigenvalue weighted by atomic mass is 10.1. The van der Waals surface area contributed by atoms with Crippen LogP contribution in [0.5, 0.6) is 0 Å². The minimum atomic E-state index is -1.38. The average Bonchev–Trinajstić information content (AvgIpc) is 2.06. The summed E-state index contributed by atoms with van der Waals surface area (Å²) in [6, 6.07) is 8.80. The highest BCUT2D eigenvalue weighted by atomic mass is 16.4. The zero-order valence-corrected chi connectivity index (χ0v) is 7.06. The van der Waals surface area contributed by atoms with E-state index in [0.29, 0.717) is 0 Å². The van der Waals surface area contributed by atoms with E-state index in [1.807, 2.05) is 6.07 Å². The standard InChI is InChI=1S/C9H8O3.H3N/c10-8(9(11)12)6-7-4-2-1-3-5-7;/h1-5H,6H2,(H,11,12);1H3. The molecule has 4 nitrogen and oxygen atoms in total. The van der Waals surface area contributed by atoms with Gasteiger partial charge in [0.2, 0.25) is 5.78 Å². The van der Waals surface area contributed by atoms with Crippen LogP contribution in [0.3, 0.4) is 0 Å². The summed E-state index contributed by atoms with van der Waals surface area (Å²) in [4.78, 5) is 20.9. The number of benzene rings is 1. The normalized spacial score (nSPS) is 8.62. The predicted molar refractivity (Wildman–Crippen MR) is 47.8 cm³/mol. The van der Waals surface area contributed by atoms with Crippen molar-refractivity contribution in [3.63, 3.8) is 0 Å². The zero-order valence-electron chi connectivity index (χ0n) is 7.06. The third-order valence-corrected chi connectivity index (χ3v) is 1.45. The van der Waals surface area contributed by atoms with Gasteiger partial charge in [0.05, 0.1) is 0 Å². The van der Waals surface area contributed by atoms with Crippen LogP contribution >= 0.6 is 0 Å². The molecule has 70 valence electrons. The maximum Gasteiger partial charge on any atom is 0.372 e. The van der Waals surface area contributed by atoms with E-state index in [4.69, 9.17) is 5.11 Å². The number of ketones is 1. The summed E-state index contributed by atoms with van der Waals surface area (Å²) in [7, 11) is 0. The second-order valence-corrected chi connectivity index (χ2v) is 2.39. The van der Waals surface area contributed by atoms with Crippen molar-refractivity contribution in [1.29, 1.82) is 0 Å². The van der Waals surface area contributed by atoms with Gasteiger partial charge in [-0.15, -0.1) is 0 Å². The SMILES string of the molecule is N.O=C(O)C(=O)Cc1ccccc1. The summed E-state index contributed by atoms with van der Waals surface area (Å²) in [5, 5.41) is 8.29. The van der Waals surface area contributed by atoms with Gasteiger partial charge in [0.15, 0.2) is 0 Å². The van der Waals surface area contributed by atoms with Crippen LogP contribution in [0.1, 0.15) is 5.56 Å². The van der Waals surface area contributed by atoms with E-state index < -0.39 is 11.8 Å². The first kappa shape index (κ1) is 11.3. The fourth-order valence-electron chi connectivity index (χ4n) is 0.857. The van der Waals surface area contributed by atoms with Gasteiger partial charge in [-0.2, -0.15) is 0 Å². The first-order chi connectivity index (χ1) is 5.70. The third kappa shape index (κ3) is 3.48. The second-order valence-electron chi connectivity index (χ2n) is 2.39. The molecule has 1 aromatic carbocycles. The molecule has 0 unspecified atom stereocenters. The van der Waals surface area contributed by atoms with Crippen molar-refractivity contribution in [3.8, 4) is 0 Å². The molecule has 0 aliphatic rings. The second kappa shape index (κ2) is 5.05. The Bertz CT molecular complexity index is 295. The molecule has 4 N–H and O–H groups in total. The Morgan fingerprint density at radius 3 is 2.15 bits per heavy atom. The minimum Gasteiger partial charge on any atom is -0.475 e. The van der Waals surface area contributed by atoms with Crippen LogP contribution < -0.4 is 6.15 Å². The van der Waals surface area contributed by atoms with Crippen molar-refractivity contribution in [2.24, 2.45) is 0 Å². The number of aliphatic carboxylic acids is 1. The number of rotatable bonds is 3. The summed E-state index contributed by atoms with van der Waals surface area (Å²) in [6.07, 6.45) is -0.0316. The lowest BCUT2D eigenvalue weighted by Crippen LogP contribution is -2.14. The van der Waals surface area contributed by atoms with Gasteiger partial charge in [0.1, 0.15) is 0 Å². The molecule has 1 rings (SSSR count). The summed E-state index contributed by atoms with van der Waals surface area (Å²) in [5.41, 5.74) is 0.727. The maximum absolute atomic E-state index is 10.7. The Morgan fingerprint density at radius 2 is 1.69 bits per heavy atom. The molecule has 0 spiro atoms. The molecule has 0 saturated carbocycles. The van der Waals surface area contributed by atoms with Gasteiger partial charge < -0.3 is 11.3 Å². The molecule has 0 amide bonds. The van der Waals surface area contributed by atoms with E-state index in [0.717, 1.165) is 5.56 Å². The molecule has 13 heavy (non-hydrogen) atoms. The number of carboxylic acid groups (broad SMARTS) is 1. The summed E-state index contributed by atoms with van der Waals surface area (Å²) < 4.78 is 0. The summed E-state index contributed by atoms with van der Waals surface area (Å²) in [5.74, 6) is -2.15. The molecule has 0 saturated heterocycles. The largest absolute Gasteiger partial charge is 0.475 e. The third-order valence-electron chi connectivity index (χ3n) is 1.45. The average molecular weight is 181 g/mol. The van der Waals surface area contributed by atoms with E-state index in [2.05, 4.69) is 0 Å². The Morgan fingerprint density at radius 1 is 1.15 bits per heavy atom. The van der Waals surface area contributed by atoms with Gasteiger partial charge in [0, 0.05) is 6.42 Å². The van der Waals surface area contributed by atoms with E-state index >= 15 is 0 Å².